The molecule has 8 aromatic rings. The minimum atomic E-state index is -5.57. The van der Waals surface area contributed by atoms with Crippen molar-refractivity contribution in [3.63, 3.8) is 0 Å². The fraction of sp³-hybridized carbons (Fsp3) is 0.120. The van der Waals surface area contributed by atoms with Crippen molar-refractivity contribution in [1.82, 2.24) is 0 Å². The van der Waals surface area contributed by atoms with Gasteiger partial charge in [0.15, 0.2) is 0 Å². The fourth-order valence-electron chi connectivity index (χ4n) is 9.88. The second kappa shape index (κ2) is 14.1. The van der Waals surface area contributed by atoms with Gasteiger partial charge in [-0.15, -0.1) is 0 Å². The van der Waals surface area contributed by atoms with Crippen molar-refractivity contribution < 1.29 is 23.8 Å². The Morgan fingerprint density at radius 3 is 1.38 bits per heavy atom. The minimum absolute atomic E-state index is 0.326. The molecule has 2 heterocycles. The van der Waals surface area contributed by atoms with Crippen LogP contribution in [0.5, 0.6) is 0 Å². The number of fused-ring (bicyclic) bond motifs is 4. The van der Waals surface area contributed by atoms with Gasteiger partial charge in [0.25, 0.3) is 0 Å². The number of benzene rings is 6. The number of aryl methyl sites for hydroxylation is 2. The van der Waals surface area contributed by atoms with Gasteiger partial charge in [0, 0.05) is 0 Å². The Hall–Kier alpha value is -3.86. The molecule has 2 atom stereocenters. The van der Waals surface area contributed by atoms with Crippen LogP contribution in [0.25, 0.3) is 67.1 Å². The topological polar surface area (TPSA) is 26.3 Å². The van der Waals surface area contributed by atoms with Crippen LogP contribution in [0.4, 0.5) is 0 Å². The van der Waals surface area contributed by atoms with E-state index in [1.165, 1.54) is 0 Å². The first-order valence-electron chi connectivity index (χ1n) is 19.5. The van der Waals surface area contributed by atoms with Crippen LogP contribution in [0.2, 0.25) is 23.1 Å². The molecule has 2 aliphatic rings. The van der Waals surface area contributed by atoms with Crippen molar-refractivity contribution in [2.45, 2.75) is 34.2 Å². The van der Waals surface area contributed by atoms with Gasteiger partial charge in [0.05, 0.1) is 0 Å². The Bertz CT molecular complexity index is 2970. The van der Waals surface area contributed by atoms with Gasteiger partial charge in [-0.1, -0.05) is 0 Å². The molecule has 8 heteroatoms. The van der Waals surface area contributed by atoms with Gasteiger partial charge in [-0.05, 0) is 0 Å². The Labute approximate surface area is 356 Å². The quantitative estimate of drug-likeness (QED) is 0.155. The molecule has 0 bridgehead atoms. The van der Waals surface area contributed by atoms with Gasteiger partial charge < -0.3 is 0 Å². The molecule has 0 spiro atoms. The van der Waals surface area contributed by atoms with Crippen LogP contribution < -0.4 is 0 Å². The molecule has 6 aromatic carbocycles. The maximum absolute atomic E-state index is 9.06. The van der Waals surface area contributed by atoms with E-state index in [2.05, 4.69) is 112 Å². The molecule has 0 fully saturated rings. The van der Waals surface area contributed by atoms with Crippen LogP contribution in [0.3, 0.4) is 0 Å². The van der Waals surface area contributed by atoms with E-state index < -0.39 is 20.4 Å². The van der Waals surface area contributed by atoms with E-state index in [-0.39, 0.29) is 7.25 Å². The molecule has 0 aliphatic heterocycles. The van der Waals surface area contributed by atoms with Gasteiger partial charge in [0.1, 0.15) is 0 Å². The standard InChI is InChI=1S/2C24H16ClO.C2H6Si.2ClH.Zr/c2*1-15-9-10-16-11-19(24-21-8-3-2-5-18(21)14-26-24)13-22(16)23(15)17-6-4-7-20(25)12-17;1-3-2;;;/h2*2-14H,1H3;1-2H3;2*1H;/q;;;;;+2/p-2. The predicted octanol–water partition coefficient (Wildman–Crippen LogP) is 16.6. The number of hydrogen-bond acceptors (Lipinski definition) is 2. The predicted molar refractivity (Wildman–Crippen MR) is 246 cm³/mol. The van der Waals surface area contributed by atoms with Crippen LogP contribution in [-0.2, 0) is 15.0 Å². The molecule has 10 rings (SSSR count). The first-order valence-corrected chi connectivity index (χ1v) is 35.6. The van der Waals surface area contributed by atoms with Crippen molar-refractivity contribution in [1.29, 1.82) is 0 Å². The van der Waals surface area contributed by atoms with Crippen molar-refractivity contribution in [2.75, 3.05) is 0 Å². The Morgan fingerprint density at radius 2 is 0.966 bits per heavy atom. The third-order valence-electron chi connectivity index (χ3n) is 12.6. The van der Waals surface area contributed by atoms with E-state index >= 15 is 0 Å². The summed E-state index contributed by atoms with van der Waals surface area (Å²) >= 11 is 7.78. The normalized spacial score (nSPS) is 16.4. The fourth-order valence-corrected chi connectivity index (χ4v) is 37.9. The number of rotatable bonds is 6. The van der Waals surface area contributed by atoms with E-state index in [0.29, 0.717) is 10.0 Å². The zero-order valence-electron chi connectivity index (χ0n) is 32.3. The van der Waals surface area contributed by atoms with Crippen LogP contribution in [0.1, 0.15) is 52.2 Å². The van der Waals surface area contributed by atoms with Crippen molar-refractivity contribution >= 4 is 90.5 Å². The van der Waals surface area contributed by atoms with Crippen molar-refractivity contribution in [2.24, 2.45) is 0 Å². The van der Waals surface area contributed by atoms with Gasteiger partial charge in [-0.3, -0.25) is 0 Å². The summed E-state index contributed by atoms with van der Waals surface area (Å²) in [6.45, 7) is 9.00. The van der Waals surface area contributed by atoms with Crippen LogP contribution in [0, 0.1) is 13.8 Å². The first-order chi connectivity index (χ1) is 27.9. The van der Waals surface area contributed by atoms with E-state index in [9.17, 15) is 0 Å². The molecule has 2 nitrogen and oxygen atoms in total. The SMILES string of the molecule is Cc1ccc2c(c1-c1cccc(Cl)c1)C=C(c1occ3ccccc13)[CH]2[Zr]([Cl])([Cl])([CH]1C(c2occ3ccccc23)=Cc2c1ccc(C)c2-c1cccc(Cl)c1)=[Si](C)C. The van der Waals surface area contributed by atoms with Crippen molar-refractivity contribution in [3.8, 4) is 22.3 Å². The monoisotopic (exact) mass is 928 g/mol. The van der Waals surface area contributed by atoms with E-state index in [0.717, 1.165) is 99.8 Å². The summed E-state index contributed by atoms with van der Waals surface area (Å²) in [5.41, 5.74) is 11.7. The molecule has 0 saturated carbocycles. The maximum atomic E-state index is 9.06. The Morgan fingerprint density at radius 1 is 0.534 bits per heavy atom. The zero-order valence-corrected chi connectivity index (χ0v) is 38.8. The second-order valence-electron chi connectivity index (χ2n) is 16.1. The third kappa shape index (κ3) is 5.74. The Balaban J connectivity index is 1.32. The number of furan rings is 2. The summed E-state index contributed by atoms with van der Waals surface area (Å²) in [6.07, 6.45) is 8.36. The number of halogens is 4. The average Bonchev–Trinajstić information content (AvgIpc) is 4.00. The second-order valence-corrected chi connectivity index (χ2v) is 55.7. The molecule has 2 aromatic heterocycles. The van der Waals surface area contributed by atoms with E-state index in [4.69, 9.17) is 49.1 Å². The molecule has 0 N–H and O–H groups in total. The zero-order chi connectivity index (χ0) is 40.1. The van der Waals surface area contributed by atoms with E-state index in [1.807, 2.05) is 61.1 Å². The first kappa shape index (κ1) is 38.3. The summed E-state index contributed by atoms with van der Waals surface area (Å²) in [4.78, 5) is 0. The van der Waals surface area contributed by atoms with Crippen molar-refractivity contribution in [3.05, 3.63) is 189 Å². The molecule has 0 saturated heterocycles. The summed E-state index contributed by atoms with van der Waals surface area (Å²) in [5, 5.41) is 5.52. The van der Waals surface area contributed by atoms with E-state index in [1.54, 1.807) is 0 Å². The number of hydrogen-bond donors (Lipinski definition) is 0. The molecule has 286 valence electrons. The summed E-state index contributed by atoms with van der Waals surface area (Å²) in [6, 6.07) is 41.9. The van der Waals surface area contributed by atoms with Gasteiger partial charge >= 0.3 is 360 Å². The van der Waals surface area contributed by atoms with Gasteiger partial charge in [-0.2, -0.15) is 0 Å². The molecular weight excluding hydrogens is 894 g/mol. The summed E-state index contributed by atoms with van der Waals surface area (Å²) in [5.74, 6) is 1.62. The molecule has 0 radical (unpaired) electrons. The molecule has 0 amide bonds. The summed E-state index contributed by atoms with van der Waals surface area (Å²) in [7, 11) is 18.1. The average molecular weight is 932 g/mol. The summed E-state index contributed by atoms with van der Waals surface area (Å²) < 4.78 is 12.7. The van der Waals surface area contributed by atoms with Crippen LogP contribution >= 0.6 is 40.2 Å². The van der Waals surface area contributed by atoms with Crippen LogP contribution in [0.15, 0.2) is 143 Å². The Kier molecular flexibility index (Phi) is 9.34. The van der Waals surface area contributed by atoms with Gasteiger partial charge in [-0.25, -0.2) is 0 Å². The number of allylic oxidation sites excluding steroid dienone is 2. The molecule has 2 unspecified atom stereocenters. The van der Waals surface area contributed by atoms with Gasteiger partial charge in [0.2, 0.25) is 0 Å². The molecular formula is C50H38Cl4O2SiZr. The molecule has 58 heavy (non-hydrogen) atoms. The third-order valence-corrected chi connectivity index (χ3v) is 59.3. The van der Waals surface area contributed by atoms with Crippen LogP contribution in [-0.4, -0.2) is 5.43 Å². The molecule has 2 aliphatic carbocycles.